The molecule has 2 N–H and O–H groups in total. The summed E-state index contributed by atoms with van der Waals surface area (Å²) in [5, 5.41) is 0. The number of nitrogens with two attached hydrogens (primary N) is 1. The Morgan fingerprint density at radius 3 is 2.76 bits per heavy atom. The van der Waals surface area contributed by atoms with Gasteiger partial charge in [0.1, 0.15) is 12.4 Å². The summed E-state index contributed by atoms with van der Waals surface area (Å²) in [6, 6.07) is 7.70. The third kappa shape index (κ3) is 4.04. The van der Waals surface area contributed by atoms with Crippen molar-refractivity contribution in [2.24, 2.45) is 5.73 Å². The molecule has 1 aliphatic heterocycles. The molecule has 2 heterocycles. The Bertz CT molecular complexity index is 757. The van der Waals surface area contributed by atoms with Crippen LogP contribution in [0.3, 0.4) is 0 Å². The highest BCUT2D eigenvalue weighted by atomic mass is 32.2. The smallest absolute Gasteiger partial charge is 0.253 e. The first-order valence-corrected chi connectivity index (χ1v) is 9.53. The van der Waals surface area contributed by atoms with E-state index in [9.17, 15) is 9.59 Å². The number of primary amides is 1. The molecule has 0 saturated carbocycles. The van der Waals surface area contributed by atoms with Crippen LogP contribution in [0.25, 0.3) is 0 Å². The minimum atomic E-state index is -0.392. The van der Waals surface area contributed by atoms with Gasteiger partial charge < -0.3 is 15.2 Å². The number of benzene rings is 1. The predicted molar refractivity (Wildman–Crippen MR) is 97.5 cm³/mol. The minimum Gasteiger partial charge on any atom is -0.368 e. The van der Waals surface area contributed by atoms with Gasteiger partial charge in [-0.15, -0.1) is 11.8 Å². The number of piperidine rings is 1. The molecule has 0 bridgehead atoms. The summed E-state index contributed by atoms with van der Waals surface area (Å²) in [5.74, 6) is 0.605. The molecule has 1 aliphatic rings. The van der Waals surface area contributed by atoms with E-state index in [1.165, 1.54) is 0 Å². The number of hydrogen-bond donors (Lipinski definition) is 1. The first kappa shape index (κ1) is 17.5. The number of likely N-dealkylation sites (tertiary alicyclic amines) is 1. The Morgan fingerprint density at radius 2 is 2.08 bits per heavy atom. The lowest BCUT2D eigenvalue weighted by Crippen LogP contribution is -2.40. The number of thioether (sulfide) groups is 1. The molecule has 25 heavy (non-hydrogen) atoms. The number of amides is 2. The van der Waals surface area contributed by atoms with Crippen molar-refractivity contribution in [3.8, 4) is 0 Å². The Balaban J connectivity index is 1.73. The van der Waals surface area contributed by atoms with E-state index in [0.717, 1.165) is 30.1 Å². The van der Waals surface area contributed by atoms with Gasteiger partial charge in [-0.3, -0.25) is 9.59 Å². The SMILES string of the molecule is CSc1ccc(C(=O)N2CCC[C@H](c3nccn3CC(N)=O)C2)cc1. The summed E-state index contributed by atoms with van der Waals surface area (Å²) in [4.78, 5) is 31.4. The number of rotatable bonds is 5. The average molecular weight is 358 g/mol. The van der Waals surface area contributed by atoms with E-state index in [4.69, 9.17) is 5.73 Å². The van der Waals surface area contributed by atoms with Crippen LogP contribution in [0.15, 0.2) is 41.6 Å². The van der Waals surface area contributed by atoms with Crippen molar-refractivity contribution in [3.63, 3.8) is 0 Å². The number of hydrogen-bond acceptors (Lipinski definition) is 4. The summed E-state index contributed by atoms with van der Waals surface area (Å²) < 4.78 is 1.79. The van der Waals surface area contributed by atoms with Crippen LogP contribution in [0, 0.1) is 0 Å². The first-order chi connectivity index (χ1) is 12.1. The Labute approximate surface area is 151 Å². The molecular weight excluding hydrogens is 336 g/mol. The lowest BCUT2D eigenvalue weighted by Gasteiger charge is -2.32. The lowest BCUT2D eigenvalue weighted by molar-refractivity contribution is -0.118. The highest BCUT2D eigenvalue weighted by Gasteiger charge is 2.28. The van der Waals surface area contributed by atoms with Gasteiger partial charge >= 0.3 is 0 Å². The molecule has 1 aromatic carbocycles. The van der Waals surface area contributed by atoms with Crippen LogP contribution < -0.4 is 5.73 Å². The van der Waals surface area contributed by atoms with Gasteiger partial charge in [-0.25, -0.2) is 4.98 Å². The van der Waals surface area contributed by atoms with Crippen LogP contribution in [-0.4, -0.2) is 45.6 Å². The molecule has 2 aromatic rings. The van der Waals surface area contributed by atoms with Crippen LogP contribution in [0.2, 0.25) is 0 Å². The third-order valence-electron chi connectivity index (χ3n) is 4.48. The molecule has 1 aromatic heterocycles. The van der Waals surface area contributed by atoms with Gasteiger partial charge in [0.25, 0.3) is 5.91 Å². The zero-order chi connectivity index (χ0) is 17.8. The molecular formula is C18H22N4O2S. The van der Waals surface area contributed by atoms with Crippen molar-refractivity contribution < 1.29 is 9.59 Å². The Morgan fingerprint density at radius 1 is 1.32 bits per heavy atom. The van der Waals surface area contributed by atoms with E-state index in [0.29, 0.717) is 12.1 Å². The molecule has 0 radical (unpaired) electrons. The number of carbonyl (C=O) groups is 2. The zero-order valence-corrected chi connectivity index (χ0v) is 15.0. The summed E-state index contributed by atoms with van der Waals surface area (Å²) >= 11 is 1.66. The van der Waals surface area contributed by atoms with Gasteiger partial charge in [-0.2, -0.15) is 0 Å². The number of nitrogens with zero attached hydrogens (tertiary/aromatic N) is 3. The van der Waals surface area contributed by atoms with Crippen molar-refractivity contribution in [3.05, 3.63) is 48.0 Å². The van der Waals surface area contributed by atoms with E-state index in [2.05, 4.69) is 4.98 Å². The van der Waals surface area contributed by atoms with E-state index >= 15 is 0 Å². The van der Waals surface area contributed by atoms with Gasteiger partial charge in [0.05, 0.1) is 0 Å². The van der Waals surface area contributed by atoms with Crippen molar-refractivity contribution in [2.75, 3.05) is 19.3 Å². The molecule has 1 fully saturated rings. The van der Waals surface area contributed by atoms with Gasteiger partial charge in [0.15, 0.2) is 0 Å². The molecule has 2 amide bonds. The van der Waals surface area contributed by atoms with E-state index in [-0.39, 0.29) is 18.4 Å². The van der Waals surface area contributed by atoms with Crippen LogP contribution in [0.4, 0.5) is 0 Å². The maximum Gasteiger partial charge on any atom is 0.253 e. The fraction of sp³-hybridized carbons (Fsp3) is 0.389. The molecule has 6 nitrogen and oxygen atoms in total. The van der Waals surface area contributed by atoms with Gasteiger partial charge in [-0.1, -0.05) is 0 Å². The molecule has 132 valence electrons. The quantitative estimate of drug-likeness (QED) is 0.830. The fourth-order valence-electron chi connectivity index (χ4n) is 3.27. The van der Waals surface area contributed by atoms with Gasteiger partial charge in [0.2, 0.25) is 5.91 Å². The normalized spacial score (nSPS) is 17.5. The van der Waals surface area contributed by atoms with Crippen molar-refractivity contribution in [1.82, 2.24) is 14.5 Å². The van der Waals surface area contributed by atoms with Crippen molar-refractivity contribution in [2.45, 2.75) is 30.2 Å². The second-order valence-electron chi connectivity index (χ2n) is 6.20. The third-order valence-corrected chi connectivity index (χ3v) is 5.23. The highest BCUT2D eigenvalue weighted by molar-refractivity contribution is 7.98. The molecule has 0 spiro atoms. The molecule has 0 aliphatic carbocycles. The number of aromatic nitrogens is 2. The van der Waals surface area contributed by atoms with Gasteiger partial charge in [-0.05, 0) is 43.4 Å². The Hall–Kier alpha value is -2.28. The van der Waals surface area contributed by atoms with E-state index in [1.54, 1.807) is 28.7 Å². The van der Waals surface area contributed by atoms with E-state index < -0.39 is 5.91 Å². The number of carbonyl (C=O) groups excluding carboxylic acids is 2. The molecule has 0 unspecified atom stereocenters. The second-order valence-corrected chi connectivity index (χ2v) is 7.08. The van der Waals surface area contributed by atoms with Crippen LogP contribution in [0.5, 0.6) is 0 Å². The number of imidazole rings is 1. The predicted octanol–water partition coefficient (Wildman–Crippen LogP) is 2.11. The highest BCUT2D eigenvalue weighted by Crippen LogP contribution is 2.27. The topological polar surface area (TPSA) is 81.2 Å². The summed E-state index contributed by atoms with van der Waals surface area (Å²) in [7, 11) is 0. The standard InChI is InChI=1S/C18H22N4O2S/c1-25-15-6-4-13(5-7-15)18(24)22-9-2-3-14(11-22)17-20-8-10-21(17)12-16(19)23/h4-8,10,14H,2-3,9,11-12H2,1H3,(H2,19,23)/t14-/m0/s1. The van der Waals surface area contributed by atoms with Crippen molar-refractivity contribution in [1.29, 1.82) is 0 Å². The van der Waals surface area contributed by atoms with Crippen LogP contribution in [0.1, 0.15) is 34.9 Å². The second kappa shape index (κ2) is 7.74. The maximum atomic E-state index is 12.8. The Kier molecular flexibility index (Phi) is 5.43. The average Bonchev–Trinajstić information content (AvgIpc) is 3.08. The maximum absolute atomic E-state index is 12.8. The summed E-state index contributed by atoms with van der Waals surface area (Å²) in [5.41, 5.74) is 6.01. The van der Waals surface area contributed by atoms with Crippen LogP contribution >= 0.6 is 11.8 Å². The first-order valence-electron chi connectivity index (χ1n) is 8.31. The van der Waals surface area contributed by atoms with Gasteiger partial charge in [0, 0.05) is 41.9 Å². The minimum absolute atomic E-state index is 0.0466. The fourth-order valence-corrected chi connectivity index (χ4v) is 3.68. The summed E-state index contributed by atoms with van der Waals surface area (Å²) in [6.07, 6.45) is 7.33. The van der Waals surface area contributed by atoms with Crippen LogP contribution in [-0.2, 0) is 11.3 Å². The largest absolute Gasteiger partial charge is 0.368 e. The molecule has 1 saturated heterocycles. The molecule has 3 rings (SSSR count). The monoisotopic (exact) mass is 358 g/mol. The zero-order valence-electron chi connectivity index (χ0n) is 14.2. The van der Waals surface area contributed by atoms with E-state index in [1.807, 2.05) is 35.4 Å². The molecule has 7 heteroatoms. The summed E-state index contributed by atoms with van der Waals surface area (Å²) in [6.45, 7) is 1.48. The lowest BCUT2D eigenvalue weighted by atomic mass is 9.96. The molecule has 1 atom stereocenters. The van der Waals surface area contributed by atoms with Crippen molar-refractivity contribution >= 4 is 23.6 Å².